The molecule has 0 saturated heterocycles. The Bertz CT molecular complexity index is 783. The highest BCUT2D eigenvalue weighted by atomic mass is 16.5. The molecule has 0 amide bonds. The summed E-state index contributed by atoms with van der Waals surface area (Å²) in [5, 5.41) is 11.0. The molecule has 0 bridgehead atoms. The van der Waals surface area contributed by atoms with Crippen LogP contribution in [0.15, 0.2) is 12.1 Å². The van der Waals surface area contributed by atoms with E-state index in [-0.39, 0.29) is 29.8 Å². The maximum absolute atomic E-state index is 13.0. The second-order valence-corrected chi connectivity index (χ2v) is 13.4. The van der Waals surface area contributed by atoms with E-state index in [2.05, 4.69) is 62.3 Å². The molecule has 6 nitrogen and oxygen atoms in total. The summed E-state index contributed by atoms with van der Waals surface area (Å²) in [5.41, 5.74) is 1.87. The van der Waals surface area contributed by atoms with E-state index >= 15 is 0 Å². The van der Waals surface area contributed by atoms with Crippen molar-refractivity contribution in [3.8, 4) is 5.75 Å². The van der Waals surface area contributed by atoms with E-state index in [4.69, 9.17) is 18.9 Å². The summed E-state index contributed by atoms with van der Waals surface area (Å²) in [6.45, 7) is 22.5. The van der Waals surface area contributed by atoms with E-state index in [9.17, 15) is 9.90 Å². The molecule has 0 aliphatic heterocycles. The van der Waals surface area contributed by atoms with Crippen LogP contribution in [0.2, 0.25) is 0 Å². The fraction of sp³-hybridized carbons (Fsp3) is 0.794. The Kier molecular flexibility index (Phi) is 16.4. The molecule has 1 aromatic rings. The zero-order valence-corrected chi connectivity index (χ0v) is 27.2. The molecule has 6 heteroatoms. The van der Waals surface area contributed by atoms with Crippen LogP contribution in [0, 0.1) is 5.41 Å². The number of phenols is 1. The Hall–Kier alpha value is -1.63. The van der Waals surface area contributed by atoms with Gasteiger partial charge in [0.25, 0.3) is 0 Å². The van der Waals surface area contributed by atoms with Gasteiger partial charge in [0, 0.05) is 26.2 Å². The van der Waals surface area contributed by atoms with Gasteiger partial charge < -0.3 is 24.1 Å². The van der Waals surface area contributed by atoms with Gasteiger partial charge in [-0.2, -0.15) is 0 Å². The van der Waals surface area contributed by atoms with Crippen molar-refractivity contribution in [3.05, 3.63) is 28.8 Å². The van der Waals surface area contributed by atoms with Gasteiger partial charge in [0.05, 0.1) is 25.2 Å². The number of esters is 1. The molecule has 232 valence electrons. The molecule has 0 aromatic heterocycles. The number of hydrogen-bond donors (Lipinski definition) is 1. The van der Waals surface area contributed by atoms with Crippen molar-refractivity contribution in [1.82, 2.24) is 0 Å². The van der Waals surface area contributed by atoms with Crippen molar-refractivity contribution >= 4 is 5.97 Å². The number of aromatic hydroxyl groups is 1. The Morgan fingerprint density at radius 3 is 1.45 bits per heavy atom. The van der Waals surface area contributed by atoms with E-state index in [1.807, 2.05) is 12.1 Å². The smallest absolute Gasteiger partial charge is 0.306 e. The molecular weight excluding hydrogens is 504 g/mol. The molecular formula is C34H60O6. The molecule has 0 radical (unpaired) electrons. The van der Waals surface area contributed by atoms with Crippen LogP contribution in [-0.4, -0.2) is 57.3 Å². The topological polar surface area (TPSA) is 74.2 Å². The Labute approximate surface area is 245 Å². The maximum Gasteiger partial charge on any atom is 0.306 e. The lowest BCUT2D eigenvalue weighted by atomic mass is 9.78. The van der Waals surface area contributed by atoms with Crippen LogP contribution in [0.3, 0.4) is 0 Å². The number of phenolic OH excluding ortho intramolecular Hbond substituents is 1. The van der Waals surface area contributed by atoms with Gasteiger partial charge in [0.15, 0.2) is 0 Å². The molecule has 1 N–H and O–H groups in total. The number of unbranched alkanes of at least 4 members (excludes halogenated alkanes) is 3. The van der Waals surface area contributed by atoms with Crippen LogP contribution >= 0.6 is 0 Å². The van der Waals surface area contributed by atoms with Crippen molar-refractivity contribution in [1.29, 1.82) is 0 Å². The largest absolute Gasteiger partial charge is 0.507 e. The summed E-state index contributed by atoms with van der Waals surface area (Å²) in [5.74, 6) is 0.105. The SMILES string of the molecule is CCCCOCC(COCCCC)(COCCCC)COC(=O)CCc1cc(C(C)(C)C)c(O)c(C(C)(C)C)c1. The third-order valence-corrected chi connectivity index (χ3v) is 7.09. The number of benzene rings is 1. The van der Waals surface area contributed by atoms with Crippen LogP contribution in [0.5, 0.6) is 5.75 Å². The lowest BCUT2D eigenvalue weighted by molar-refractivity contribution is -0.156. The lowest BCUT2D eigenvalue weighted by Gasteiger charge is -2.32. The van der Waals surface area contributed by atoms with Gasteiger partial charge in [0.1, 0.15) is 12.4 Å². The van der Waals surface area contributed by atoms with Crippen LogP contribution in [-0.2, 0) is 41.0 Å². The quantitative estimate of drug-likeness (QED) is 0.128. The van der Waals surface area contributed by atoms with Crippen LogP contribution in [0.1, 0.15) is 124 Å². The van der Waals surface area contributed by atoms with E-state index in [1.165, 1.54) is 0 Å². The molecule has 0 aliphatic carbocycles. The average Bonchev–Trinajstić information content (AvgIpc) is 2.88. The second kappa shape index (κ2) is 18.0. The van der Waals surface area contributed by atoms with Gasteiger partial charge in [-0.05, 0) is 53.2 Å². The molecule has 1 aromatic carbocycles. The minimum Gasteiger partial charge on any atom is -0.507 e. The predicted molar refractivity (Wildman–Crippen MR) is 164 cm³/mol. The molecule has 0 aliphatic rings. The van der Waals surface area contributed by atoms with Gasteiger partial charge in [-0.3, -0.25) is 4.79 Å². The van der Waals surface area contributed by atoms with E-state index in [0.717, 1.165) is 55.2 Å². The predicted octanol–water partition coefficient (Wildman–Crippen LogP) is 7.90. The van der Waals surface area contributed by atoms with E-state index in [0.29, 0.717) is 51.8 Å². The summed E-state index contributed by atoms with van der Waals surface area (Å²) >= 11 is 0. The molecule has 0 saturated carbocycles. The first-order valence-corrected chi connectivity index (χ1v) is 15.5. The van der Waals surface area contributed by atoms with Gasteiger partial charge in [-0.25, -0.2) is 0 Å². The van der Waals surface area contributed by atoms with Crippen molar-refractivity contribution in [3.63, 3.8) is 0 Å². The fourth-order valence-corrected chi connectivity index (χ4v) is 4.39. The van der Waals surface area contributed by atoms with Crippen LogP contribution in [0.25, 0.3) is 0 Å². The highest BCUT2D eigenvalue weighted by molar-refractivity contribution is 5.70. The number of hydrogen-bond acceptors (Lipinski definition) is 6. The highest BCUT2D eigenvalue weighted by Crippen LogP contribution is 2.40. The van der Waals surface area contributed by atoms with Gasteiger partial charge >= 0.3 is 5.97 Å². The first-order valence-electron chi connectivity index (χ1n) is 15.5. The van der Waals surface area contributed by atoms with Crippen LogP contribution < -0.4 is 0 Å². The summed E-state index contributed by atoms with van der Waals surface area (Å²) in [4.78, 5) is 13.0. The standard InChI is InChI=1S/C34H60O6/c1-10-13-18-37-23-34(24-38-19-14-11-2,25-39-20-15-12-3)26-40-30(35)17-16-27-21-28(32(4,5)6)31(36)29(22-27)33(7,8)9/h21-22,36H,10-20,23-26H2,1-9H3. The molecule has 40 heavy (non-hydrogen) atoms. The number of carbonyl (C=O) groups excluding carboxylic acids is 1. The van der Waals surface area contributed by atoms with Gasteiger partial charge in [0.2, 0.25) is 0 Å². The normalized spacial score (nSPS) is 12.6. The maximum atomic E-state index is 13.0. The third kappa shape index (κ3) is 13.4. The van der Waals surface area contributed by atoms with E-state index < -0.39 is 5.41 Å². The van der Waals surface area contributed by atoms with E-state index in [1.54, 1.807) is 0 Å². The van der Waals surface area contributed by atoms with Gasteiger partial charge in [-0.15, -0.1) is 0 Å². The first kappa shape index (κ1) is 36.4. The Balaban J connectivity index is 3.01. The molecule has 0 fully saturated rings. The summed E-state index contributed by atoms with van der Waals surface area (Å²) in [6.07, 6.45) is 6.96. The van der Waals surface area contributed by atoms with Crippen molar-refractivity contribution in [2.75, 3.05) is 46.2 Å². The number of ether oxygens (including phenoxy) is 4. The monoisotopic (exact) mass is 564 g/mol. The fourth-order valence-electron chi connectivity index (χ4n) is 4.39. The molecule has 0 unspecified atom stereocenters. The number of carbonyl (C=O) groups is 1. The zero-order valence-electron chi connectivity index (χ0n) is 27.2. The highest BCUT2D eigenvalue weighted by Gasteiger charge is 2.34. The Morgan fingerprint density at radius 1 is 0.700 bits per heavy atom. The van der Waals surface area contributed by atoms with Crippen molar-refractivity contribution in [2.24, 2.45) is 5.41 Å². The Morgan fingerprint density at radius 2 is 1.10 bits per heavy atom. The number of rotatable bonds is 20. The summed E-state index contributed by atoms with van der Waals surface area (Å²) < 4.78 is 24.0. The molecule has 0 spiro atoms. The first-order chi connectivity index (χ1) is 18.8. The van der Waals surface area contributed by atoms with Crippen molar-refractivity contribution < 1.29 is 28.8 Å². The molecule has 1 rings (SSSR count). The summed E-state index contributed by atoms with van der Waals surface area (Å²) in [7, 11) is 0. The van der Waals surface area contributed by atoms with Gasteiger partial charge in [-0.1, -0.05) is 93.7 Å². The minimum atomic E-state index is -0.539. The average molecular weight is 565 g/mol. The summed E-state index contributed by atoms with van der Waals surface area (Å²) in [6, 6.07) is 4.07. The van der Waals surface area contributed by atoms with Crippen molar-refractivity contribution in [2.45, 2.75) is 125 Å². The number of aryl methyl sites for hydroxylation is 1. The van der Waals surface area contributed by atoms with Crippen LogP contribution in [0.4, 0.5) is 0 Å². The third-order valence-electron chi connectivity index (χ3n) is 7.09. The molecule has 0 atom stereocenters. The zero-order chi connectivity index (χ0) is 30.2. The lowest BCUT2D eigenvalue weighted by Crippen LogP contribution is -2.42. The second-order valence-electron chi connectivity index (χ2n) is 13.4. The minimum absolute atomic E-state index is 0.201. The molecule has 0 heterocycles.